The van der Waals surface area contributed by atoms with Crippen LogP contribution in [0, 0.1) is 30.1 Å². The van der Waals surface area contributed by atoms with E-state index in [4.69, 9.17) is 5.26 Å². The first-order valence-electron chi connectivity index (χ1n) is 5.55. The number of hydrogen-bond donors (Lipinski definition) is 0. The fourth-order valence-corrected chi connectivity index (χ4v) is 4.37. The van der Waals surface area contributed by atoms with E-state index >= 15 is 0 Å². The van der Waals surface area contributed by atoms with Crippen LogP contribution in [-0.4, -0.2) is 14.6 Å². The smallest absolute Gasteiger partial charge is 0.170 e. The average molecular weight is 253 g/mol. The van der Waals surface area contributed by atoms with Gasteiger partial charge in [-0.1, -0.05) is 18.7 Å². The molecule has 0 radical (unpaired) electrons. The molecule has 1 aliphatic carbocycles. The van der Waals surface area contributed by atoms with Crippen molar-refractivity contribution in [1.82, 2.24) is 9.36 Å². The van der Waals surface area contributed by atoms with Gasteiger partial charge in [-0.2, -0.15) is 9.64 Å². The lowest BCUT2D eigenvalue weighted by Crippen LogP contribution is -2.24. The Morgan fingerprint density at radius 1 is 1.50 bits per heavy atom. The van der Waals surface area contributed by atoms with Crippen LogP contribution in [0.25, 0.3) is 0 Å². The third kappa shape index (κ3) is 2.74. The Morgan fingerprint density at radius 3 is 2.94 bits per heavy atom. The Labute approximate surface area is 104 Å². The van der Waals surface area contributed by atoms with E-state index in [0.717, 1.165) is 28.9 Å². The number of rotatable bonds is 2. The largest absolute Gasteiger partial charge is 0.213 e. The molecular formula is C11H15N3S2. The molecule has 3 nitrogen and oxygen atoms in total. The second-order valence-electron chi connectivity index (χ2n) is 4.42. The van der Waals surface area contributed by atoms with Gasteiger partial charge in [-0.05, 0) is 43.6 Å². The summed E-state index contributed by atoms with van der Waals surface area (Å²) in [5.74, 6) is 1.76. The van der Waals surface area contributed by atoms with Crippen LogP contribution in [0.5, 0.6) is 0 Å². The molecule has 86 valence electrons. The Balaban J connectivity index is 2.04. The van der Waals surface area contributed by atoms with E-state index in [2.05, 4.69) is 22.4 Å². The summed E-state index contributed by atoms with van der Waals surface area (Å²) in [4.78, 5) is 4.36. The fraction of sp³-hybridized carbons (Fsp3) is 0.727. The van der Waals surface area contributed by atoms with Crippen molar-refractivity contribution in [3.05, 3.63) is 5.82 Å². The van der Waals surface area contributed by atoms with Crippen LogP contribution >= 0.6 is 23.3 Å². The average Bonchev–Trinajstić information content (AvgIpc) is 2.64. The van der Waals surface area contributed by atoms with E-state index in [-0.39, 0.29) is 5.92 Å². The second-order valence-corrected chi connectivity index (χ2v) is 6.66. The summed E-state index contributed by atoms with van der Waals surface area (Å²) < 4.78 is 5.19. The van der Waals surface area contributed by atoms with E-state index in [1.165, 1.54) is 18.0 Å². The zero-order valence-corrected chi connectivity index (χ0v) is 11.1. The number of aromatic nitrogens is 2. The first-order chi connectivity index (χ1) is 7.69. The lowest BCUT2D eigenvalue weighted by atomic mass is 9.83. The molecule has 0 amide bonds. The van der Waals surface area contributed by atoms with Gasteiger partial charge in [-0.15, -0.1) is 0 Å². The Kier molecular flexibility index (Phi) is 3.82. The molecule has 0 N–H and O–H groups in total. The van der Waals surface area contributed by atoms with Crippen molar-refractivity contribution in [2.24, 2.45) is 11.8 Å². The summed E-state index contributed by atoms with van der Waals surface area (Å²) in [6, 6.07) is 2.44. The van der Waals surface area contributed by atoms with Gasteiger partial charge in [0.25, 0.3) is 0 Å². The van der Waals surface area contributed by atoms with Crippen LogP contribution in [0.15, 0.2) is 4.34 Å². The number of aryl methyl sites for hydroxylation is 1. The van der Waals surface area contributed by atoms with Crippen molar-refractivity contribution < 1.29 is 0 Å². The van der Waals surface area contributed by atoms with E-state index in [1.54, 1.807) is 11.8 Å². The van der Waals surface area contributed by atoms with Crippen LogP contribution in [0.2, 0.25) is 0 Å². The first kappa shape index (κ1) is 11.9. The molecule has 0 aromatic carbocycles. The molecule has 0 aliphatic heterocycles. The molecule has 5 heteroatoms. The summed E-state index contributed by atoms with van der Waals surface area (Å²) in [5.41, 5.74) is 0. The van der Waals surface area contributed by atoms with Gasteiger partial charge in [0.1, 0.15) is 5.82 Å². The summed E-state index contributed by atoms with van der Waals surface area (Å²) in [6.07, 6.45) is 3.35. The molecule has 1 saturated carbocycles. The van der Waals surface area contributed by atoms with Gasteiger partial charge < -0.3 is 0 Å². The maximum Gasteiger partial charge on any atom is 0.170 e. The molecule has 3 unspecified atom stereocenters. The lowest BCUT2D eigenvalue weighted by Gasteiger charge is -2.29. The molecule has 1 heterocycles. The first-order valence-corrected chi connectivity index (χ1v) is 7.21. The predicted octanol–water partition coefficient (Wildman–Crippen LogP) is 3.27. The number of hydrogen-bond acceptors (Lipinski definition) is 5. The van der Waals surface area contributed by atoms with Crippen LogP contribution < -0.4 is 0 Å². The molecule has 0 spiro atoms. The second kappa shape index (κ2) is 5.15. The molecule has 0 saturated heterocycles. The minimum absolute atomic E-state index is 0.186. The summed E-state index contributed by atoms with van der Waals surface area (Å²) >= 11 is 3.19. The maximum absolute atomic E-state index is 9.13. The SMILES string of the molecule is Cc1nsc(SC2CC(C)CCC2C#N)n1. The summed E-state index contributed by atoms with van der Waals surface area (Å²) in [7, 11) is 0. The highest BCUT2D eigenvalue weighted by atomic mass is 32.2. The monoisotopic (exact) mass is 253 g/mol. The van der Waals surface area contributed by atoms with Crippen LogP contribution in [0.4, 0.5) is 0 Å². The van der Waals surface area contributed by atoms with E-state index in [1.807, 2.05) is 6.92 Å². The van der Waals surface area contributed by atoms with Gasteiger partial charge in [0.05, 0.1) is 12.0 Å². The topological polar surface area (TPSA) is 49.6 Å². The van der Waals surface area contributed by atoms with Crippen molar-refractivity contribution in [2.75, 3.05) is 0 Å². The molecule has 16 heavy (non-hydrogen) atoms. The number of thioether (sulfide) groups is 1. The number of nitrogens with zero attached hydrogens (tertiary/aromatic N) is 3. The fourth-order valence-electron chi connectivity index (χ4n) is 2.06. The molecule has 3 atom stereocenters. The molecule has 1 fully saturated rings. The Morgan fingerprint density at radius 2 is 2.31 bits per heavy atom. The van der Waals surface area contributed by atoms with Gasteiger partial charge in [-0.25, -0.2) is 4.98 Å². The summed E-state index contributed by atoms with van der Waals surface area (Å²) in [6.45, 7) is 4.18. The van der Waals surface area contributed by atoms with Crippen LogP contribution in [0.1, 0.15) is 32.0 Å². The zero-order chi connectivity index (χ0) is 11.5. The van der Waals surface area contributed by atoms with Crippen molar-refractivity contribution in [2.45, 2.75) is 42.7 Å². The lowest BCUT2D eigenvalue weighted by molar-refractivity contribution is 0.346. The molecule has 1 aromatic rings. The van der Waals surface area contributed by atoms with E-state index in [0.29, 0.717) is 5.25 Å². The Bertz CT molecular complexity index is 396. The third-order valence-corrected chi connectivity index (χ3v) is 5.21. The van der Waals surface area contributed by atoms with E-state index in [9.17, 15) is 0 Å². The highest BCUT2D eigenvalue weighted by molar-refractivity contribution is 8.01. The van der Waals surface area contributed by atoms with E-state index < -0.39 is 0 Å². The quantitative estimate of drug-likeness (QED) is 0.811. The van der Waals surface area contributed by atoms with Gasteiger partial charge >= 0.3 is 0 Å². The maximum atomic E-state index is 9.13. The minimum atomic E-state index is 0.186. The van der Waals surface area contributed by atoms with Crippen molar-refractivity contribution in [3.63, 3.8) is 0 Å². The minimum Gasteiger partial charge on any atom is -0.213 e. The van der Waals surface area contributed by atoms with Gasteiger partial charge in [0.2, 0.25) is 0 Å². The highest BCUT2D eigenvalue weighted by Gasteiger charge is 2.30. The van der Waals surface area contributed by atoms with Crippen LogP contribution in [0.3, 0.4) is 0 Å². The van der Waals surface area contributed by atoms with Crippen LogP contribution in [-0.2, 0) is 0 Å². The van der Waals surface area contributed by atoms with Crippen molar-refractivity contribution >= 4 is 23.3 Å². The van der Waals surface area contributed by atoms with Gasteiger partial charge in [0.15, 0.2) is 4.34 Å². The number of nitriles is 1. The standard InChI is InChI=1S/C11H15N3S2/c1-7-3-4-9(6-12)10(5-7)15-11-13-8(2)14-16-11/h7,9-10H,3-5H2,1-2H3. The van der Waals surface area contributed by atoms with Gasteiger partial charge in [0, 0.05) is 5.25 Å². The predicted molar refractivity (Wildman–Crippen MR) is 66.4 cm³/mol. The van der Waals surface area contributed by atoms with Crippen molar-refractivity contribution in [3.8, 4) is 6.07 Å². The summed E-state index contributed by atoms with van der Waals surface area (Å²) in [5, 5.41) is 9.54. The van der Waals surface area contributed by atoms with Crippen molar-refractivity contribution in [1.29, 1.82) is 5.26 Å². The third-order valence-electron chi connectivity index (χ3n) is 2.98. The Hall–Kier alpha value is -0.600. The normalized spacial score (nSPS) is 29.9. The molecular weight excluding hydrogens is 238 g/mol. The molecule has 2 rings (SSSR count). The highest BCUT2D eigenvalue weighted by Crippen LogP contribution is 2.39. The molecule has 0 bridgehead atoms. The molecule has 1 aromatic heterocycles. The zero-order valence-electron chi connectivity index (χ0n) is 9.51. The molecule has 1 aliphatic rings. The van der Waals surface area contributed by atoms with Gasteiger partial charge in [-0.3, -0.25) is 0 Å².